The fourth-order valence-corrected chi connectivity index (χ4v) is 1.69. The minimum absolute atomic E-state index is 0.131. The molecule has 2 rings (SSSR count). The van der Waals surface area contributed by atoms with Crippen molar-refractivity contribution >= 4 is 0 Å². The summed E-state index contributed by atoms with van der Waals surface area (Å²) >= 11 is 0. The van der Waals surface area contributed by atoms with Gasteiger partial charge in [0.1, 0.15) is 11.6 Å². The van der Waals surface area contributed by atoms with E-state index in [-0.39, 0.29) is 12.1 Å². The summed E-state index contributed by atoms with van der Waals surface area (Å²) in [5.41, 5.74) is 0.655. The SMILES string of the molecule is CN[C@@H](Cc1cc(F)cc(F)c1)C1CO1. The van der Waals surface area contributed by atoms with E-state index in [1.54, 1.807) is 0 Å². The van der Waals surface area contributed by atoms with E-state index >= 15 is 0 Å². The average Bonchev–Trinajstić information content (AvgIpc) is 2.95. The van der Waals surface area contributed by atoms with Gasteiger partial charge in [0.15, 0.2) is 0 Å². The van der Waals surface area contributed by atoms with Crippen LogP contribution >= 0.6 is 0 Å². The van der Waals surface area contributed by atoms with Gasteiger partial charge in [-0.15, -0.1) is 0 Å². The molecule has 0 amide bonds. The quantitative estimate of drug-likeness (QED) is 0.766. The highest BCUT2D eigenvalue weighted by atomic mass is 19.1. The van der Waals surface area contributed by atoms with Crippen molar-refractivity contribution in [1.29, 1.82) is 0 Å². The van der Waals surface area contributed by atoms with Crippen molar-refractivity contribution in [3.63, 3.8) is 0 Å². The van der Waals surface area contributed by atoms with E-state index in [1.807, 2.05) is 7.05 Å². The Morgan fingerprint density at radius 1 is 1.40 bits per heavy atom. The van der Waals surface area contributed by atoms with Gasteiger partial charge in [0.25, 0.3) is 0 Å². The Labute approximate surface area is 87.2 Å². The molecular weight excluding hydrogens is 200 g/mol. The number of hydrogen-bond donors (Lipinski definition) is 1. The van der Waals surface area contributed by atoms with Crippen LogP contribution in [0, 0.1) is 11.6 Å². The predicted octanol–water partition coefficient (Wildman–Crippen LogP) is 1.49. The maximum atomic E-state index is 12.9. The summed E-state index contributed by atoms with van der Waals surface area (Å²) in [7, 11) is 1.82. The first-order valence-corrected chi connectivity index (χ1v) is 4.93. The monoisotopic (exact) mass is 213 g/mol. The van der Waals surface area contributed by atoms with Gasteiger partial charge in [-0.2, -0.15) is 0 Å². The van der Waals surface area contributed by atoms with Crippen LogP contribution in [0.4, 0.5) is 8.78 Å². The van der Waals surface area contributed by atoms with Gasteiger partial charge >= 0.3 is 0 Å². The molecule has 1 heterocycles. The normalized spacial score (nSPS) is 21.4. The molecule has 1 aromatic rings. The first-order valence-electron chi connectivity index (χ1n) is 4.93. The Balaban J connectivity index is 2.08. The lowest BCUT2D eigenvalue weighted by Gasteiger charge is -2.13. The van der Waals surface area contributed by atoms with Crippen LogP contribution < -0.4 is 5.32 Å². The number of ether oxygens (including phenoxy) is 1. The van der Waals surface area contributed by atoms with Gasteiger partial charge in [0.05, 0.1) is 12.7 Å². The van der Waals surface area contributed by atoms with E-state index in [4.69, 9.17) is 4.74 Å². The molecule has 1 aromatic carbocycles. The van der Waals surface area contributed by atoms with Crippen molar-refractivity contribution in [2.24, 2.45) is 0 Å². The Bertz CT molecular complexity index is 332. The van der Waals surface area contributed by atoms with Crippen LogP contribution in [0.3, 0.4) is 0 Å². The minimum Gasteiger partial charge on any atom is -0.371 e. The zero-order chi connectivity index (χ0) is 10.8. The number of epoxide rings is 1. The highest BCUT2D eigenvalue weighted by molar-refractivity contribution is 5.19. The minimum atomic E-state index is -0.531. The zero-order valence-electron chi connectivity index (χ0n) is 8.47. The van der Waals surface area contributed by atoms with Crippen LogP contribution in [0.5, 0.6) is 0 Å². The van der Waals surface area contributed by atoms with Gasteiger partial charge in [-0.25, -0.2) is 8.78 Å². The van der Waals surface area contributed by atoms with Crippen molar-refractivity contribution in [2.45, 2.75) is 18.6 Å². The van der Waals surface area contributed by atoms with Crippen LogP contribution in [-0.2, 0) is 11.2 Å². The van der Waals surface area contributed by atoms with Crippen LogP contribution in [0.15, 0.2) is 18.2 Å². The molecule has 15 heavy (non-hydrogen) atoms. The Hall–Kier alpha value is -1.00. The van der Waals surface area contributed by atoms with Crippen LogP contribution in [-0.4, -0.2) is 25.8 Å². The predicted molar refractivity (Wildman–Crippen MR) is 52.6 cm³/mol. The number of hydrogen-bond acceptors (Lipinski definition) is 2. The van der Waals surface area contributed by atoms with E-state index in [2.05, 4.69) is 5.32 Å². The Kier molecular flexibility index (Phi) is 2.98. The second-order valence-electron chi connectivity index (χ2n) is 3.75. The summed E-state index contributed by atoms with van der Waals surface area (Å²) in [5, 5.41) is 3.08. The molecule has 1 aliphatic rings. The van der Waals surface area contributed by atoms with Gasteiger partial charge in [-0.1, -0.05) is 0 Å². The number of halogens is 2. The second kappa shape index (κ2) is 4.24. The van der Waals surface area contributed by atoms with E-state index in [1.165, 1.54) is 12.1 Å². The lowest BCUT2D eigenvalue weighted by molar-refractivity contribution is 0.348. The molecule has 82 valence electrons. The fraction of sp³-hybridized carbons (Fsp3) is 0.455. The third-order valence-electron chi connectivity index (χ3n) is 2.56. The molecule has 1 aliphatic heterocycles. The molecule has 0 aliphatic carbocycles. The van der Waals surface area contributed by atoms with E-state index in [0.717, 1.165) is 12.7 Å². The lowest BCUT2D eigenvalue weighted by atomic mass is 10.0. The standard InChI is InChI=1S/C11H13F2NO/c1-14-10(11-6-15-11)4-7-2-8(12)5-9(13)3-7/h2-3,5,10-11,14H,4,6H2,1H3/t10-,11?/m0/s1. The van der Waals surface area contributed by atoms with Crippen LogP contribution in [0.2, 0.25) is 0 Å². The van der Waals surface area contributed by atoms with Crippen LogP contribution in [0.1, 0.15) is 5.56 Å². The van der Waals surface area contributed by atoms with Crippen molar-refractivity contribution in [2.75, 3.05) is 13.7 Å². The Morgan fingerprint density at radius 3 is 2.47 bits per heavy atom. The van der Waals surface area contributed by atoms with Crippen molar-refractivity contribution in [3.8, 4) is 0 Å². The molecule has 2 nitrogen and oxygen atoms in total. The van der Waals surface area contributed by atoms with E-state index < -0.39 is 11.6 Å². The third kappa shape index (κ3) is 2.73. The molecule has 1 saturated heterocycles. The van der Waals surface area contributed by atoms with Gasteiger partial charge in [0.2, 0.25) is 0 Å². The summed E-state index contributed by atoms with van der Waals surface area (Å²) in [4.78, 5) is 0. The molecule has 0 bridgehead atoms. The smallest absolute Gasteiger partial charge is 0.126 e. The second-order valence-corrected chi connectivity index (χ2v) is 3.75. The van der Waals surface area contributed by atoms with Gasteiger partial charge in [-0.3, -0.25) is 0 Å². The summed E-state index contributed by atoms with van der Waals surface area (Å²) in [6, 6.07) is 3.73. The molecule has 1 unspecified atom stereocenters. The molecule has 0 spiro atoms. The van der Waals surface area contributed by atoms with Gasteiger partial charge in [0, 0.05) is 12.1 Å². The zero-order valence-corrected chi connectivity index (χ0v) is 8.47. The molecule has 0 saturated carbocycles. The first-order chi connectivity index (χ1) is 7.19. The molecule has 0 aromatic heterocycles. The molecule has 0 radical (unpaired) electrons. The van der Waals surface area contributed by atoms with Crippen molar-refractivity contribution in [1.82, 2.24) is 5.32 Å². The van der Waals surface area contributed by atoms with Gasteiger partial charge in [-0.05, 0) is 31.2 Å². The molecule has 1 N–H and O–H groups in total. The first kappa shape index (κ1) is 10.5. The van der Waals surface area contributed by atoms with Crippen LogP contribution in [0.25, 0.3) is 0 Å². The maximum absolute atomic E-state index is 12.9. The third-order valence-corrected chi connectivity index (χ3v) is 2.56. The summed E-state index contributed by atoms with van der Waals surface area (Å²) in [5.74, 6) is -1.06. The van der Waals surface area contributed by atoms with Crippen molar-refractivity contribution < 1.29 is 13.5 Å². The average molecular weight is 213 g/mol. The number of likely N-dealkylation sites (N-methyl/N-ethyl adjacent to an activating group) is 1. The molecule has 1 fully saturated rings. The molecule has 2 atom stereocenters. The van der Waals surface area contributed by atoms with E-state index in [9.17, 15) is 8.78 Å². The maximum Gasteiger partial charge on any atom is 0.126 e. The number of benzene rings is 1. The number of rotatable bonds is 4. The van der Waals surface area contributed by atoms with Gasteiger partial charge < -0.3 is 10.1 Å². The number of nitrogens with one attached hydrogen (secondary N) is 1. The summed E-state index contributed by atoms with van der Waals surface area (Å²) in [6.07, 6.45) is 0.761. The Morgan fingerprint density at radius 2 is 2.00 bits per heavy atom. The van der Waals surface area contributed by atoms with Crippen molar-refractivity contribution in [3.05, 3.63) is 35.4 Å². The highest BCUT2D eigenvalue weighted by Crippen LogP contribution is 2.18. The fourth-order valence-electron chi connectivity index (χ4n) is 1.69. The lowest BCUT2D eigenvalue weighted by Crippen LogP contribution is -2.33. The topological polar surface area (TPSA) is 24.6 Å². The summed E-state index contributed by atoms with van der Waals surface area (Å²) in [6.45, 7) is 0.726. The van der Waals surface area contributed by atoms with E-state index in [0.29, 0.717) is 12.0 Å². The summed E-state index contributed by atoms with van der Waals surface area (Å²) < 4.78 is 31.0. The largest absolute Gasteiger partial charge is 0.371 e. The molecular formula is C11H13F2NO. The highest BCUT2D eigenvalue weighted by Gasteiger charge is 2.31. The molecule has 4 heteroatoms.